The molecule has 27 rings (SSSR count). The van der Waals surface area contributed by atoms with Gasteiger partial charge in [0.2, 0.25) is 5.95 Å². The second-order valence-corrected chi connectivity index (χ2v) is 34.6. The minimum absolute atomic E-state index is 0.628. The van der Waals surface area contributed by atoms with Crippen molar-refractivity contribution in [1.29, 1.82) is 0 Å². The summed E-state index contributed by atoms with van der Waals surface area (Å²) in [7, 11) is 0. The molecule has 0 spiro atoms. The van der Waals surface area contributed by atoms with Crippen LogP contribution in [0.4, 0.5) is 0 Å². The summed E-state index contributed by atoms with van der Waals surface area (Å²) in [5.74, 6) is 2.26. The van der Waals surface area contributed by atoms with E-state index < -0.39 is 0 Å². The van der Waals surface area contributed by atoms with Crippen LogP contribution >= 0.6 is 22.7 Å². The van der Waals surface area contributed by atoms with Gasteiger partial charge in [-0.15, -0.1) is 22.7 Å². The van der Waals surface area contributed by atoms with Gasteiger partial charge in [-0.2, -0.15) is 9.97 Å². The van der Waals surface area contributed by atoms with Gasteiger partial charge in [-0.05, 0) is 199 Å². The first-order valence-corrected chi connectivity index (χ1v) is 44.3. The molecular weight excluding hydrogens is 1550 g/mol. The van der Waals surface area contributed by atoms with E-state index in [1.54, 1.807) is 0 Å². The maximum absolute atomic E-state index is 5.39. The Labute approximate surface area is 727 Å². The van der Waals surface area contributed by atoms with Crippen LogP contribution in [-0.2, 0) is 0 Å². The molecule has 0 atom stereocenters. The maximum Gasteiger partial charge on any atom is 0.238 e. The molecule has 0 aliphatic rings. The largest absolute Gasteiger partial charge is 0.294 e. The van der Waals surface area contributed by atoms with Crippen molar-refractivity contribution >= 4 is 193 Å². The van der Waals surface area contributed by atoms with E-state index in [2.05, 4.69) is 457 Å². The SMILES string of the molecule is c1cc(-c2ccc3c4ccccc4c4ccccc4c3c2)cc(-c2cccc3c2sc2ccccc23)c1.c1cc(-c2cccc(-c3cccc4c3sc3ccccc34)c2)cc(-c2ccc3c4ccccc4c4ccccc4c3c2)c1.c1ccc2c(c1)c1ccccc1n2-c1cc(-n2c3ccccc3c3ccccc32)nc(-n2c3ccccc3c3ccccc32)n1. The molecule has 0 radical (unpaired) electrons. The van der Waals surface area contributed by atoms with Crippen LogP contribution in [0.25, 0.3) is 244 Å². The zero-order valence-corrected chi connectivity index (χ0v) is 69.3. The summed E-state index contributed by atoms with van der Waals surface area (Å²) in [6, 6.07) is 160. The third-order valence-electron chi connectivity index (χ3n) is 25.6. The van der Waals surface area contributed by atoms with Gasteiger partial charge in [0.1, 0.15) is 11.6 Å². The summed E-state index contributed by atoms with van der Waals surface area (Å²) in [4.78, 5) is 10.8. The fourth-order valence-electron chi connectivity index (χ4n) is 20.0. The molecule has 0 saturated heterocycles. The summed E-state index contributed by atoms with van der Waals surface area (Å²) in [6.07, 6.45) is 0. The average Bonchev–Trinajstić information content (AvgIpc) is 1.67. The van der Waals surface area contributed by atoms with Gasteiger partial charge in [0.15, 0.2) is 0 Å². The lowest BCUT2D eigenvalue weighted by molar-refractivity contribution is 0.918. The molecule has 6 aromatic heterocycles. The molecule has 7 heteroatoms. The van der Waals surface area contributed by atoms with Crippen LogP contribution in [0.15, 0.2) is 443 Å². The van der Waals surface area contributed by atoms with Gasteiger partial charge in [-0.1, -0.05) is 358 Å². The van der Waals surface area contributed by atoms with Gasteiger partial charge >= 0.3 is 0 Å². The number of benzene rings is 21. The standard InChI is InChI=1S/C42H26S.C40H25N5.C36H22S/c1-2-16-35-33(14-1)34-15-3-4-17-36(34)40-26-30(22-23-37(35)40)28-11-7-10-27(24-28)29-12-8-13-31(25-29)32-19-9-20-39-38-18-5-6-21-41(38)43-42(32)39;1-7-19-32-26(13-1)27-14-2-8-20-33(27)43(32)38-25-39(44-34-21-9-3-15-28(34)29-16-4-10-22-35(29)44)42-40(41-38)45-36-23-11-5-17-30(36)31-18-6-12-24-37(31)45;1-2-13-29-27(11-1)28-12-3-4-14-30(28)34-22-24(19-20-31(29)34)23-9-7-10-25(21-23)26-16-8-17-33-32-15-5-6-18-35(32)37-36(26)33/h1-26H;1-25H;1-22H. The van der Waals surface area contributed by atoms with Crippen molar-refractivity contribution in [3.05, 3.63) is 443 Å². The van der Waals surface area contributed by atoms with Crippen molar-refractivity contribution in [2.45, 2.75) is 0 Å². The molecule has 27 aromatic rings. The minimum atomic E-state index is 0.628. The number of hydrogen-bond acceptors (Lipinski definition) is 4. The van der Waals surface area contributed by atoms with Crippen molar-refractivity contribution in [2.24, 2.45) is 0 Å². The van der Waals surface area contributed by atoms with Crippen LogP contribution < -0.4 is 0 Å². The molecule has 6 heterocycles. The molecule has 0 unspecified atom stereocenters. The van der Waals surface area contributed by atoms with E-state index in [0.29, 0.717) is 5.95 Å². The molecule has 0 fully saturated rings. The second kappa shape index (κ2) is 29.5. The first-order chi connectivity index (χ1) is 62.0. The minimum Gasteiger partial charge on any atom is -0.294 e. The lowest BCUT2D eigenvalue weighted by Gasteiger charge is -2.15. The number of fused-ring (bicyclic) bond motifs is 27. The average molecular weight is 1630 g/mol. The molecule has 0 N–H and O–H groups in total. The highest BCUT2D eigenvalue weighted by atomic mass is 32.1. The molecule has 0 bridgehead atoms. The van der Waals surface area contributed by atoms with E-state index >= 15 is 0 Å². The fraction of sp³-hybridized carbons (Fsp3) is 0. The Kier molecular flexibility index (Phi) is 17.0. The predicted octanol–water partition coefficient (Wildman–Crippen LogP) is 33.1. The quantitative estimate of drug-likeness (QED) is 0.142. The molecule has 0 saturated carbocycles. The third-order valence-corrected chi connectivity index (χ3v) is 28.0. The first-order valence-electron chi connectivity index (χ1n) is 42.7. The molecular formula is C118H73N5S2. The van der Waals surface area contributed by atoms with E-state index in [-0.39, 0.29) is 0 Å². The van der Waals surface area contributed by atoms with E-state index in [1.165, 1.54) is 193 Å². The lowest BCUT2D eigenvalue weighted by Crippen LogP contribution is -2.10. The van der Waals surface area contributed by atoms with E-state index in [4.69, 9.17) is 9.97 Å². The van der Waals surface area contributed by atoms with Gasteiger partial charge in [0.05, 0.1) is 33.1 Å². The van der Waals surface area contributed by atoms with E-state index in [0.717, 1.165) is 44.7 Å². The molecule has 21 aromatic carbocycles. The van der Waals surface area contributed by atoms with E-state index in [1.807, 2.05) is 22.7 Å². The van der Waals surface area contributed by atoms with Crippen LogP contribution in [0.1, 0.15) is 0 Å². The van der Waals surface area contributed by atoms with Crippen molar-refractivity contribution in [1.82, 2.24) is 23.7 Å². The Morgan fingerprint density at radius 3 is 0.712 bits per heavy atom. The van der Waals surface area contributed by atoms with Gasteiger partial charge in [0.25, 0.3) is 0 Å². The van der Waals surface area contributed by atoms with Gasteiger partial charge in [0, 0.05) is 78.7 Å². The second-order valence-electron chi connectivity index (χ2n) is 32.5. The summed E-state index contributed by atoms with van der Waals surface area (Å²) in [6.45, 7) is 0. The Hall–Kier alpha value is -15.9. The van der Waals surface area contributed by atoms with Gasteiger partial charge < -0.3 is 0 Å². The summed E-state index contributed by atoms with van der Waals surface area (Å²) >= 11 is 3.78. The monoisotopic (exact) mass is 1620 g/mol. The number of rotatable bonds is 8. The molecule has 5 nitrogen and oxygen atoms in total. The number of para-hydroxylation sites is 6. The van der Waals surface area contributed by atoms with Crippen LogP contribution in [0.2, 0.25) is 0 Å². The summed E-state index contributed by atoms with van der Waals surface area (Å²) in [5.41, 5.74) is 19.1. The molecule has 0 aliphatic carbocycles. The van der Waals surface area contributed by atoms with Crippen LogP contribution in [0.5, 0.6) is 0 Å². The first kappa shape index (κ1) is 72.0. The highest BCUT2D eigenvalue weighted by Crippen LogP contribution is 2.47. The predicted molar refractivity (Wildman–Crippen MR) is 536 cm³/mol. The zero-order valence-electron chi connectivity index (χ0n) is 67.7. The number of nitrogens with zero attached hydrogens (tertiary/aromatic N) is 5. The van der Waals surface area contributed by atoms with Gasteiger partial charge in [-0.3, -0.25) is 13.7 Å². The summed E-state index contributed by atoms with van der Waals surface area (Å²) < 4.78 is 12.2. The Morgan fingerprint density at radius 2 is 0.384 bits per heavy atom. The van der Waals surface area contributed by atoms with Crippen molar-refractivity contribution in [3.8, 4) is 73.2 Å². The summed E-state index contributed by atoms with van der Waals surface area (Å²) in [5, 5.41) is 28.2. The maximum atomic E-state index is 5.39. The number of thiophene rings is 2. The normalized spacial score (nSPS) is 11.8. The topological polar surface area (TPSA) is 40.6 Å². The number of hydrogen-bond donors (Lipinski definition) is 0. The van der Waals surface area contributed by atoms with Crippen LogP contribution in [-0.4, -0.2) is 23.7 Å². The molecule has 0 aliphatic heterocycles. The smallest absolute Gasteiger partial charge is 0.238 e. The fourth-order valence-corrected chi connectivity index (χ4v) is 22.4. The van der Waals surface area contributed by atoms with Crippen LogP contribution in [0, 0.1) is 0 Å². The highest BCUT2D eigenvalue weighted by molar-refractivity contribution is 7.26. The molecule has 582 valence electrons. The van der Waals surface area contributed by atoms with Crippen molar-refractivity contribution < 1.29 is 0 Å². The third kappa shape index (κ3) is 11.9. The lowest BCUT2D eigenvalue weighted by atomic mass is 9.91. The molecule has 125 heavy (non-hydrogen) atoms. The Morgan fingerprint density at radius 1 is 0.152 bits per heavy atom. The number of aromatic nitrogens is 5. The van der Waals surface area contributed by atoms with E-state index in [9.17, 15) is 0 Å². The molecule has 0 amide bonds. The van der Waals surface area contributed by atoms with Crippen molar-refractivity contribution in [2.75, 3.05) is 0 Å². The highest BCUT2D eigenvalue weighted by Gasteiger charge is 2.24. The Bertz CT molecular complexity index is 8560. The van der Waals surface area contributed by atoms with Crippen LogP contribution in [0.3, 0.4) is 0 Å². The van der Waals surface area contributed by atoms with Crippen molar-refractivity contribution in [3.63, 3.8) is 0 Å². The zero-order chi connectivity index (χ0) is 82.2. The Balaban J connectivity index is 0.000000103. The van der Waals surface area contributed by atoms with Gasteiger partial charge in [-0.25, -0.2) is 0 Å².